The molecule has 1 aromatic carbocycles. The van der Waals surface area contributed by atoms with Gasteiger partial charge in [-0.15, -0.1) is 0 Å². The van der Waals surface area contributed by atoms with Gasteiger partial charge in [-0.05, 0) is 37.6 Å². The normalized spacial score (nSPS) is 23.7. The lowest BCUT2D eigenvalue weighted by Gasteiger charge is -2.39. The summed E-state index contributed by atoms with van der Waals surface area (Å²) in [7, 11) is 0. The summed E-state index contributed by atoms with van der Waals surface area (Å²) in [5.41, 5.74) is 8.50. The van der Waals surface area contributed by atoms with Crippen LogP contribution in [-0.4, -0.2) is 37.1 Å². The van der Waals surface area contributed by atoms with Gasteiger partial charge in [0.1, 0.15) is 0 Å². The predicted molar refractivity (Wildman–Crippen MR) is 72.4 cm³/mol. The third kappa shape index (κ3) is 1.91. The van der Waals surface area contributed by atoms with E-state index >= 15 is 0 Å². The van der Waals surface area contributed by atoms with Crippen molar-refractivity contribution < 1.29 is 0 Å². The molecule has 0 aromatic heterocycles. The SMILES string of the molecule is N#Cc1ccc(N2CCN3CCCC3C2)c(N)c1. The molecule has 0 bridgehead atoms. The van der Waals surface area contributed by atoms with Crippen molar-refractivity contribution in [2.75, 3.05) is 36.8 Å². The maximum Gasteiger partial charge on any atom is 0.0992 e. The van der Waals surface area contributed by atoms with Gasteiger partial charge in [-0.1, -0.05) is 0 Å². The van der Waals surface area contributed by atoms with Crippen molar-refractivity contribution in [3.8, 4) is 6.07 Å². The van der Waals surface area contributed by atoms with Crippen LogP contribution in [0.4, 0.5) is 11.4 Å². The van der Waals surface area contributed by atoms with Crippen molar-refractivity contribution in [3.05, 3.63) is 23.8 Å². The lowest BCUT2D eigenvalue weighted by atomic mass is 10.1. The minimum atomic E-state index is 0.635. The van der Waals surface area contributed by atoms with Gasteiger partial charge in [-0.3, -0.25) is 4.90 Å². The third-order valence-electron chi connectivity index (χ3n) is 4.08. The van der Waals surface area contributed by atoms with Crippen LogP contribution in [0.2, 0.25) is 0 Å². The molecule has 2 N–H and O–H groups in total. The second kappa shape index (κ2) is 4.51. The van der Waals surface area contributed by atoms with Crippen LogP contribution in [0, 0.1) is 11.3 Å². The number of hydrogen-bond donors (Lipinski definition) is 1. The van der Waals surface area contributed by atoms with Crippen molar-refractivity contribution in [2.45, 2.75) is 18.9 Å². The van der Waals surface area contributed by atoms with Gasteiger partial charge in [0.15, 0.2) is 0 Å². The molecule has 2 aliphatic rings. The van der Waals surface area contributed by atoms with Crippen molar-refractivity contribution in [2.24, 2.45) is 0 Å². The minimum absolute atomic E-state index is 0.635. The highest BCUT2D eigenvalue weighted by molar-refractivity contribution is 5.69. The Morgan fingerprint density at radius 1 is 1.28 bits per heavy atom. The highest BCUT2D eigenvalue weighted by Gasteiger charge is 2.30. The Kier molecular flexibility index (Phi) is 2.85. The van der Waals surface area contributed by atoms with Crippen LogP contribution in [-0.2, 0) is 0 Å². The number of nitrogens with zero attached hydrogens (tertiary/aromatic N) is 3. The van der Waals surface area contributed by atoms with E-state index < -0.39 is 0 Å². The molecule has 1 unspecified atom stereocenters. The first-order chi connectivity index (χ1) is 8.78. The van der Waals surface area contributed by atoms with Crippen LogP contribution in [0.3, 0.4) is 0 Å². The first-order valence-electron chi connectivity index (χ1n) is 6.56. The molecule has 4 heteroatoms. The highest BCUT2D eigenvalue weighted by Crippen LogP contribution is 2.29. The molecular formula is C14H18N4. The van der Waals surface area contributed by atoms with Crippen molar-refractivity contribution >= 4 is 11.4 Å². The molecule has 2 saturated heterocycles. The number of nitrogen functional groups attached to an aromatic ring is 1. The van der Waals surface area contributed by atoms with Crippen LogP contribution in [0.1, 0.15) is 18.4 Å². The number of piperazine rings is 1. The summed E-state index contributed by atoms with van der Waals surface area (Å²) in [4.78, 5) is 4.94. The van der Waals surface area contributed by atoms with E-state index in [0.717, 1.165) is 31.0 Å². The van der Waals surface area contributed by atoms with Crippen molar-refractivity contribution in [3.63, 3.8) is 0 Å². The van der Waals surface area contributed by atoms with Crippen LogP contribution in [0.15, 0.2) is 18.2 Å². The molecule has 0 aliphatic carbocycles. The molecule has 2 aliphatic heterocycles. The summed E-state index contributed by atoms with van der Waals surface area (Å²) in [5, 5.41) is 8.86. The maximum atomic E-state index is 8.86. The number of nitrogens with two attached hydrogens (primary N) is 1. The fourth-order valence-corrected chi connectivity index (χ4v) is 3.12. The topological polar surface area (TPSA) is 56.3 Å². The van der Waals surface area contributed by atoms with Crippen molar-refractivity contribution in [1.29, 1.82) is 5.26 Å². The van der Waals surface area contributed by atoms with Gasteiger partial charge in [-0.2, -0.15) is 5.26 Å². The molecule has 18 heavy (non-hydrogen) atoms. The van der Waals surface area contributed by atoms with E-state index in [1.165, 1.54) is 19.4 Å². The number of rotatable bonds is 1. The summed E-state index contributed by atoms with van der Waals surface area (Å²) in [6.07, 6.45) is 2.62. The third-order valence-corrected chi connectivity index (χ3v) is 4.08. The zero-order chi connectivity index (χ0) is 12.5. The van der Waals surface area contributed by atoms with E-state index in [-0.39, 0.29) is 0 Å². The van der Waals surface area contributed by atoms with Crippen LogP contribution in [0.5, 0.6) is 0 Å². The largest absolute Gasteiger partial charge is 0.397 e. The van der Waals surface area contributed by atoms with Gasteiger partial charge in [-0.25, -0.2) is 0 Å². The van der Waals surface area contributed by atoms with E-state index in [1.807, 2.05) is 12.1 Å². The molecule has 0 spiro atoms. The Morgan fingerprint density at radius 2 is 2.17 bits per heavy atom. The zero-order valence-electron chi connectivity index (χ0n) is 10.5. The average Bonchev–Trinajstić information content (AvgIpc) is 2.85. The number of anilines is 2. The first kappa shape index (κ1) is 11.4. The fourth-order valence-electron chi connectivity index (χ4n) is 3.12. The maximum absolute atomic E-state index is 8.86. The molecule has 0 radical (unpaired) electrons. The minimum Gasteiger partial charge on any atom is -0.397 e. The molecule has 1 aromatic rings. The number of nitriles is 1. The standard InChI is InChI=1S/C14H18N4/c15-9-11-3-4-14(13(16)8-11)18-7-6-17-5-1-2-12(17)10-18/h3-4,8,12H,1-2,5-7,10,16H2. The fraction of sp³-hybridized carbons (Fsp3) is 0.500. The lowest BCUT2D eigenvalue weighted by molar-refractivity contribution is 0.231. The van der Waals surface area contributed by atoms with E-state index in [4.69, 9.17) is 11.0 Å². The molecule has 3 rings (SSSR count). The van der Waals surface area contributed by atoms with Crippen LogP contribution < -0.4 is 10.6 Å². The van der Waals surface area contributed by atoms with E-state index in [9.17, 15) is 0 Å². The summed E-state index contributed by atoms with van der Waals surface area (Å²) in [6.45, 7) is 4.48. The molecular weight excluding hydrogens is 224 g/mol. The van der Waals surface area contributed by atoms with Gasteiger partial charge in [0, 0.05) is 25.7 Å². The van der Waals surface area contributed by atoms with Gasteiger partial charge < -0.3 is 10.6 Å². The first-order valence-corrected chi connectivity index (χ1v) is 6.56. The Balaban J connectivity index is 1.81. The average molecular weight is 242 g/mol. The summed E-state index contributed by atoms with van der Waals surface area (Å²) < 4.78 is 0. The van der Waals surface area contributed by atoms with Gasteiger partial charge in [0.05, 0.1) is 23.0 Å². The van der Waals surface area contributed by atoms with Crippen LogP contribution in [0.25, 0.3) is 0 Å². The molecule has 1 atom stereocenters. The van der Waals surface area contributed by atoms with Crippen LogP contribution >= 0.6 is 0 Å². The Bertz CT molecular complexity index is 491. The number of fused-ring (bicyclic) bond motifs is 1. The molecule has 2 fully saturated rings. The molecule has 0 saturated carbocycles. The quantitative estimate of drug-likeness (QED) is 0.757. The van der Waals surface area contributed by atoms with Gasteiger partial charge >= 0.3 is 0 Å². The molecule has 0 amide bonds. The number of benzene rings is 1. The smallest absolute Gasteiger partial charge is 0.0992 e. The van der Waals surface area contributed by atoms with Gasteiger partial charge in [0.2, 0.25) is 0 Å². The number of hydrogen-bond acceptors (Lipinski definition) is 4. The molecule has 2 heterocycles. The summed E-state index contributed by atoms with van der Waals surface area (Å²) in [5.74, 6) is 0. The lowest BCUT2D eigenvalue weighted by Crippen LogP contribution is -2.50. The monoisotopic (exact) mass is 242 g/mol. The Morgan fingerprint density at radius 3 is 2.94 bits per heavy atom. The van der Waals surface area contributed by atoms with Crippen molar-refractivity contribution in [1.82, 2.24) is 4.90 Å². The Labute approximate surface area is 108 Å². The highest BCUT2D eigenvalue weighted by atomic mass is 15.3. The molecule has 4 nitrogen and oxygen atoms in total. The van der Waals surface area contributed by atoms with E-state index in [0.29, 0.717) is 11.6 Å². The van der Waals surface area contributed by atoms with E-state index in [2.05, 4.69) is 15.9 Å². The zero-order valence-corrected chi connectivity index (χ0v) is 10.5. The van der Waals surface area contributed by atoms with Gasteiger partial charge in [0.25, 0.3) is 0 Å². The van der Waals surface area contributed by atoms with E-state index in [1.54, 1.807) is 6.07 Å². The Hall–Kier alpha value is -1.73. The molecule has 94 valence electrons. The second-order valence-electron chi connectivity index (χ2n) is 5.16. The summed E-state index contributed by atoms with van der Waals surface area (Å²) >= 11 is 0. The predicted octanol–water partition coefficient (Wildman–Crippen LogP) is 1.42. The summed E-state index contributed by atoms with van der Waals surface area (Å²) in [6, 6.07) is 8.43. The second-order valence-corrected chi connectivity index (χ2v) is 5.16.